The van der Waals surface area contributed by atoms with E-state index in [1.54, 1.807) is 0 Å². The standard InChI is InChI=1S/C17H23N3O4.ClH/c1-17(2)23-14-12(21)13(22-15(14)24-17)11-9-19-16(20-11)18-8-10-6-4-3-5-7-10;/h3-7,11-15,21H,8-9H2,1-2H3,(H2,18,19,20);1H/t11-,12+,13-,14-,15-;/m1./s1. The Bertz CT molecular complexity index is 628. The van der Waals surface area contributed by atoms with Crippen molar-refractivity contribution in [3.63, 3.8) is 0 Å². The Morgan fingerprint density at radius 1 is 1.24 bits per heavy atom. The molecule has 25 heavy (non-hydrogen) atoms. The molecule has 1 aromatic rings. The number of nitrogens with zero attached hydrogens (tertiary/aromatic N) is 1. The number of aliphatic hydroxyl groups excluding tert-OH is 1. The van der Waals surface area contributed by atoms with Gasteiger partial charge in [-0.25, -0.2) is 0 Å². The molecule has 3 heterocycles. The van der Waals surface area contributed by atoms with Crippen molar-refractivity contribution in [3.8, 4) is 0 Å². The molecule has 0 aliphatic carbocycles. The third-order valence-corrected chi connectivity index (χ3v) is 4.52. The minimum Gasteiger partial charge on any atom is -0.387 e. The molecule has 138 valence electrons. The zero-order valence-electron chi connectivity index (χ0n) is 14.2. The summed E-state index contributed by atoms with van der Waals surface area (Å²) in [7, 11) is 0. The van der Waals surface area contributed by atoms with Gasteiger partial charge in [0.25, 0.3) is 0 Å². The molecule has 3 aliphatic heterocycles. The van der Waals surface area contributed by atoms with Crippen LogP contribution in [0.2, 0.25) is 0 Å². The molecular weight excluding hydrogens is 346 g/mol. The first kappa shape index (κ1) is 18.4. The molecule has 2 saturated heterocycles. The molecule has 0 bridgehead atoms. The highest BCUT2D eigenvalue weighted by Crippen LogP contribution is 2.38. The van der Waals surface area contributed by atoms with Gasteiger partial charge in [0.15, 0.2) is 18.0 Å². The van der Waals surface area contributed by atoms with Crippen molar-refractivity contribution in [3.05, 3.63) is 35.9 Å². The molecule has 0 aromatic heterocycles. The average Bonchev–Trinajstić information content (AvgIpc) is 3.21. The number of halogens is 1. The maximum absolute atomic E-state index is 10.5. The van der Waals surface area contributed by atoms with Gasteiger partial charge in [0.1, 0.15) is 18.3 Å². The number of nitrogens with one attached hydrogen (secondary N) is 2. The predicted molar refractivity (Wildman–Crippen MR) is 94.5 cm³/mol. The lowest BCUT2D eigenvalue weighted by Crippen LogP contribution is -2.50. The topological polar surface area (TPSA) is 84.3 Å². The fourth-order valence-electron chi connectivity index (χ4n) is 3.38. The summed E-state index contributed by atoms with van der Waals surface area (Å²) in [4.78, 5) is 4.46. The predicted octanol–water partition coefficient (Wildman–Crippen LogP) is 0.763. The third kappa shape index (κ3) is 3.75. The minimum absolute atomic E-state index is 0. The van der Waals surface area contributed by atoms with E-state index in [9.17, 15) is 5.11 Å². The van der Waals surface area contributed by atoms with E-state index in [1.165, 1.54) is 5.56 Å². The molecule has 0 spiro atoms. The van der Waals surface area contributed by atoms with Gasteiger partial charge in [0.2, 0.25) is 0 Å². The molecule has 4 rings (SSSR count). The lowest BCUT2D eigenvalue weighted by atomic mass is 10.0. The van der Waals surface area contributed by atoms with Crippen molar-refractivity contribution in [2.45, 2.75) is 56.8 Å². The van der Waals surface area contributed by atoms with Gasteiger partial charge in [-0.1, -0.05) is 30.3 Å². The molecule has 7 nitrogen and oxygen atoms in total. The van der Waals surface area contributed by atoms with Crippen LogP contribution in [0.5, 0.6) is 0 Å². The molecule has 8 heteroatoms. The van der Waals surface area contributed by atoms with Gasteiger partial charge in [-0.05, 0) is 19.4 Å². The molecule has 1 aromatic carbocycles. The van der Waals surface area contributed by atoms with Crippen LogP contribution in [0, 0.1) is 0 Å². The second-order valence-corrected chi connectivity index (χ2v) is 6.84. The van der Waals surface area contributed by atoms with Crippen LogP contribution < -0.4 is 10.6 Å². The largest absolute Gasteiger partial charge is 0.387 e. The van der Waals surface area contributed by atoms with Crippen LogP contribution >= 0.6 is 12.4 Å². The number of guanidine groups is 1. The van der Waals surface area contributed by atoms with Gasteiger partial charge >= 0.3 is 0 Å². The number of aliphatic hydroxyl groups is 1. The smallest absolute Gasteiger partial charge is 0.191 e. The quantitative estimate of drug-likeness (QED) is 0.729. The monoisotopic (exact) mass is 369 g/mol. The average molecular weight is 370 g/mol. The number of hydrogen-bond acceptors (Lipinski definition) is 7. The van der Waals surface area contributed by atoms with Crippen molar-refractivity contribution in [1.29, 1.82) is 0 Å². The van der Waals surface area contributed by atoms with Crippen LogP contribution in [0.1, 0.15) is 19.4 Å². The first-order valence-corrected chi connectivity index (χ1v) is 8.30. The summed E-state index contributed by atoms with van der Waals surface area (Å²) in [5, 5.41) is 17.1. The molecule has 0 saturated carbocycles. The molecule has 0 amide bonds. The molecule has 0 radical (unpaired) electrons. The summed E-state index contributed by atoms with van der Waals surface area (Å²) in [5.41, 5.74) is 1.18. The van der Waals surface area contributed by atoms with E-state index in [4.69, 9.17) is 14.2 Å². The number of hydrogen-bond donors (Lipinski definition) is 3. The van der Waals surface area contributed by atoms with Crippen LogP contribution in [0.25, 0.3) is 0 Å². The van der Waals surface area contributed by atoms with Crippen molar-refractivity contribution < 1.29 is 19.3 Å². The van der Waals surface area contributed by atoms with Gasteiger partial charge in [-0.2, -0.15) is 0 Å². The highest BCUT2D eigenvalue weighted by atomic mass is 35.5. The maximum Gasteiger partial charge on any atom is 0.191 e. The van der Waals surface area contributed by atoms with Gasteiger partial charge in [-0.3, -0.25) is 4.99 Å². The van der Waals surface area contributed by atoms with Crippen LogP contribution in [-0.2, 0) is 20.8 Å². The van der Waals surface area contributed by atoms with E-state index in [-0.39, 0.29) is 18.4 Å². The Morgan fingerprint density at radius 2 is 2.00 bits per heavy atom. The molecule has 3 N–H and O–H groups in total. The second kappa shape index (κ2) is 7.09. The summed E-state index contributed by atoms with van der Waals surface area (Å²) in [5.74, 6) is 0.00222. The molecule has 3 aliphatic rings. The first-order valence-electron chi connectivity index (χ1n) is 8.30. The van der Waals surface area contributed by atoms with Gasteiger partial charge < -0.3 is 30.0 Å². The molecular formula is C17H24ClN3O4. The van der Waals surface area contributed by atoms with Gasteiger partial charge in [0.05, 0.1) is 12.6 Å². The second-order valence-electron chi connectivity index (χ2n) is 6.84. The highest BCUT2D eigenvalue weighted by molar-refractivity contribution is 5.85. The third-order valence-electron chi connectivity index (χ3n) is 4.52. The fraction of sp³-hybridized carbons (Fsp3) is 0.588. The van der Waals surface area contributed by atoms with Crippen molar-refractivity contribution in [2.75, 3.05) is 6.54 Å². The Balaban J connectivity index is 0.00000182. The minimum atomic E-state index is -0.738. The summed E-state index contributed by atoms with van der Waals surface area (Å²) < 4.78 is 17.3. The molecule has 2 fully saturated rings. The highest BCUT2D eigenvalue weighted by Gasteiger charge is 2.56. The Labute approximate surface area is 153 Å². The van der Waals surface area contributed by atoms with Gasteiger partial charge in [-0.15, -0.1) is 12.4 Å². The number of rotatable bonds is 3. The number of fused-ring (bicyclic) bond motifs is 1. The Hall–Kier alpha value is -1.38. The lowest BCUT2D eigenvalue weighted by Gasteiger charge is -2.26. The lowest BCUT2D eigenvalue weighted by molar-refractivity contribution is -0.217. The zero-order chi connectivity index (χ0) is 16.7. The molecule has 5 atom stereocenters. The Morgan fingerprint density at radius 3 is 2.72 bits per heavy atom. The number of ether oxygens (including phenoxy) is 3. The summed E-state index contributed by atoms with van der Waals surface area (Å²) >= 11 is 0. The van der Waals surface area contributed by atoms with Crippen LogP contribution in [-0.4, -0.2) is 54.0 Å². The van der Waals surface area contributed by atoms with E-state index < -0.39 is 30.4 Å². The fourth-order valence-corrected chi connectivity index (χ4v) is 3.38. The maximum atomic E-state index is 10.5. The van der Waals surface area contributed by atoms with E-state index in [2.05, 4.69) is 27.8 Å². The van der Waals surface area contributed by atoms with E-state index in [0.717, 1.165) is 5.96 Å². The molecule has 0 unspecified atom stereocenters. The van der Waals surface area contributed by atoms with Crippen LogP contribution in [0.4, 0.5) is 0 Å². The van der Waals surface area contributed by atoms with Crippen LogP contribution in [0.3, 0.4) is 0 Å². The van der Waals surface area contributed by atoms with Crippen molar-refractivity contribution in [1.82, 2.24) is 10.6 Å². The Kier molecular flexibility index (Phi) is 5.22. The zero-order valence-corrected chi connectivity index (χ0v) is 15.0. The normalized spacial score (nSPS) is 35.5. The number of aliphatic imine (C=N–C) groups is 1. The van der Waals surface area contributed by atoms with Crippen molar-refractivity contribution in [2.24, 2.45) is 4.99 Å². The van der Waals surface area contributed by atoms with E-state index in [0.29, 0.717) is 13.1 Å². The van der Waals surface area contributed by atoms with E-state index in [1.807, 2.05) is 32.0 Å². The summed E-state index contributed by atoms with van der Waals surface area (Å²) in [6.07, 6.45) is -2.12. The summed E-state index contributed by atoms with van der Waals surface area (Å²) in [6, 6.07) is 10.0. The van der Waals surface area contributed by atoms with Crippen molar-refractivity contribution >= 4 is 18.4 Å². The van der Waals surface area contributed by atoms with Gasteiger partial charge in [0, 0.05) is 6.54 Å². The summed E-state index contributed by atoms with van der Waals surface area (Å²) in [6.45, 7) is 4.87. The van der Waals surface area contributed by atoms with E-state index >= 15 is 0 Å². The first-order chi connectivity index (χ1) is 11.5. The SMILES string of the molecule is CC1(C)O[C@H]2O[C@H]([C@H]3CN=C(NCc4ccccc4)N3)[C@H](O)[C@H]2O1.Cl. The number of benzene rings is 1. The van der Waals surface area contributed by atoms with Crippen LogP contribution in [0.15, 0.2) is 35.3 Å².